The summed E-state index contributed by atoms with van der Waals surface area (Å²) in [5, 5.41) is 3.28. The van der Waals surface area contributed by atoms with Crippen molar-refractivity contribution in [2.75, 3.05) is 31.4 Å². The molecule has 0 radical (unpaired) electrons. The van der Waals surface area contributed by atoms with Gasteiger partial charge in [-0.3, -0.25) is 4.79 Å². The van der Waals surface area contributed by atoms with Crippen LogP contribution in [0.3, 0.4) is 0 Å². The fraction of sp³-hybridized carbons (Fsp3) is 0.269. The third kappa shape index (κ3) is 3.07. The Hall–Kier alpha value is -3.58. The molecule has 1 unspecified atom stereocenters. The van der Waals surface area contributed by atoms with Gasteiger partial charge >= 0.3 is 0 Å². The van der Waals surface area contributed by atoms with E-state index in [1.807, 2.05) is 47.4 Å². The van der Waals surface area contributed by atoms with Gasteiger partial charge in [-0.15, -0.1) is 0 Å². The SMILES string of the molecule is O=C1N(CCCNCc2ccccc2F)c2ccccc2C12COc1cc3c(cc12)OCO3. The van der Waals surface area contributed by atoms with Crippen LogP contribution in [0.1, 0.15) is 23.1 Å². The molecule has 1 atom stereocenters. The summed E-state index contributed by atoms with van der Waals surface area (Å²) < 4.78 is 30.9. The fourth-order valence-electron chi connectivity index (χ4n) is 5.01. The standard InChI is InChI=1S/C26H23FN2O4/c27-20-8-3-1-6-17(20)14-28-10-5-11-29-21-9-4-2-7-18(21)26(25(29)30)15-31-22-13-24-23(12-19(22)26)32-16-33-24/h1-4,6-9,12-13,28H,5,10-11,14-16H2. The lowest BCUT2D eigenvalue weighted by molar-refractivity contribution is -0.122. The first kappa shape index (κ1) is 20.1. The summed E-state index contributed by atoms with van der Waals surface area (Å²) in [5.41, 5.74) is 2.44. The number of amides is 1. The van der Waals surface area contributed by atoms with Crippen LogP contribution in [0.4, 0.5) is 10.1 Å². The fourth-order valence-corrected chi connectivity index (χ4v) is 5.01. The highest BCUT2D eigenvalue weighted by molar-refractivity contribution is 6.11. The smallest absolute Gasteiger partial charge is 0.245 e. The molecule has 1 amide bonds. The van der Waals surface area contributed by atoms with E-state index in [-0.39, 0.29) is 25.1 Å². The highest BCUT2D eigenvalue weighted by Crippen LogP contribution is 2.54. The molecule has 0 aliphatic carbocycles. The van der Waals surface area contributed by atoms with Crippen LogP contribution in [0.5, 0.6) is 17.2 Å². The zero-order chi connectivity index (χ0) is 22.4. The quantitative estimate of drug-likeness (QED) is 0.585. The number of fused-ring (bicyclic) bond motifs is 5. The van der Waals surface area contributed by atoms with E-state index in [0.29, 0.717) is 42.4 Å². The predicted molar refractivity (Wildman–Crippen MR) is 120 cm³/mol. The van der Waals surface area contributed by atoms with Gasteiger partial charge in [0.05, 0.1) is 0 Å². The Morgan fingerprint density at radius 1 is 0.939 bits per heavy atom. The molecular formula is C26H23FN2O4. The van der Waals surface area contributed by atoms with Gasteiger partial charge in [-0.25, -0.2) is 4.39 Å². The molecule has 33 heavy (non-hydrogen) atoms. The summed E-state index contributed by atoms with van der Waals surface area (Å²) in [6, 6.07) is 18.3. The molecule has 3 aliphatic heterocycles. The molecule has 6 rings (SSSR count). The first-order valence-corrected chi connectivity index (χ1v) is 11.1. The third-order valence-corrected chi connectivity index (χ3v) is 6.65. The van der Waals surface area contributed by atoms with Crippen LogP contribution in [-0.2, 0) is 16.8 Å². The van der Waals surface area contributed by atoms with Crippen LogP contribution < -0.4 is 24.4 Å². The zero-order valence-electron chi connectivity index (χ0n) is 18.0. The van der Waals surface area contributed by atoms with Crippen molar-refractivity contribution in [2.45, 2.75) is 18.4 Å². The normalized spacial score (nSPS) is 19.7. The third-order valence-electron chi connectivity index (χ3n) is 6.65. The topological polar surface area (TPSA) is 60.0 Å². The number of ether oxygens (including phenoxy) is 3. The zero-order valence-corrected chi connectivity index (χ0v) is 18.0. The first-order chi connectivity index (χ1) is 16.2. The number of nitrogens with zero attached hydrogens (tertiary/aromatic N) is 1. The van der Waals surface area contributed by atoms with E-state index >= 15 is 0 Å². The minimum Gasteiger partial charge on any atom is -0.491 e. The number of benzene rings is 3. The van der Waals surface area contributed by atoms with Gasteiger partial charge in [0.2, 0.25) is 12.7 Å². The highest BCUT2D eigenvalue weighted by Gasteiger charge is 2.57. The molecule has 3 heterocycles. The summed E-state index contributed by atoms with van der Waals surface area (Å²) in [4.78, 5) is 15.7. The Bertz CT molecular complexity index is 1250. The van der Waals surface area contributed by atoms with Gasteiger partial charge in [0, 0.05) is 36.0 Å². The van der Waals surface area contributed by atoms with E-state index in [1.165, 1.54) is 6.07 Å². The highest BCUT2D eigenvalue weighted by atomic mass is 19.1. The Labute approximate surface area is 190 Å². The second-order valence-electron chi connectivity index (χ2n) is 8.49. The van der Waals surface area contributed by atoms with Crippen molar-refractivity contribution in [3.63, 3.8) is 0 Å². The summed E-state index contributed by atoms with van der Waals surface area (Å²) >= 11 is 0. The van der Waals surface area contributed by atoms with Gasteiger partial charge < -0.3 is 24.4 Å². The second kappa shape index (κ2) is 7.78. The molecule has 7 heteroatoms. The number of carbonyl (C=O) groups is 1. The van der Waals surface area contributed by atoms with Gasteiger partial charge in [-0.2, -0.15) is 0 Å². The van der Waals surface area contributed by atoms with Gasteiger partial charge in [0.25, 0.3) is 0 Å². The molecule has 168 valence electrons. The molecule has 3 aromatic carbocycles. The minimum absolute atomic E-state index is 0.00965. The molecule has 3 aromatic rings. The molecule has 1 spiro atoms. The number of halogens is 1. The summed E-state index contributed by atoms with van der Waals surface area (Å²) in [6.07, 6.45) is 0.736. The maximum atomic E-state index is 13.9. The van der Waals surface area contributed by atoms with Crippen LogP contribution in [0.15, 0.2) is 60.7 Å². The van der Waals surface area contributed by atoms with E-state index in [9.17, 15) is 9.18 Å². The molecule has 6 nitrogen and oxygen atoms in total. The van der Waals surface area contributed by atoms with Gasteiger partial charge in [0.15, 0.2) is 11.5 Å². The molecule has 3 aliphatic rings. The van der Waals surface area contributed by atoms with Crippen LogP contribution in [0.25, 0.3) is 0 Å². The van der Waals surface area contributed by atoms with Gasteiger partial charge in [-0.05, 0) is 36.7 Å². The molecule has 0 bridgehead atoms. The largest absolute Gasteiger partial charge is 0.491 e. The molecule has 0 saturated heterocycles. The van der Waals surface area contributed by atoms with E-state index in [0.717, 1.165) is 23.2 Å². The van der Waals surface area contributed by atoms with Crippen molar-refractivity contribution in [3.05, 3.63) is 83.2 Å². The summed E-state index contributed by atoms with van der Waals surface area (Å²) in [7, 11) is 0. The average Bonchev–Trinajstić information content (AvgIpc) is 3.51. The lowest BCUT2D eigenvalue weighted by Crippen LogP contribution is -2.43. The lowest BCUT2D eigenvalue weighted by atomic mass is 9.77. The maximum absolute atomic E-state index is 13.9. The number of para-hydroxylation sites is 1. The molecule has 0 aromatic heterocycles. The van der Waals surface area contributed by atoms with E-state index in [2.05, 4.69) is 5.32 Å². The monoisotopic (exact) mass is 446 g/mol. The molecular weight excluding hydrogens is 423 g/mol. The van der Waals surface area contributed by atoms with Gasteiger partial charge in [-0.1, -0.05) is 36.4 Å². The molecule has 0 fully saturated rings. The van der Waals surface area contributed by atoms with Crippen molar-refractivity contribution in [1.29, 1.82) is 0 Å². The second-order valence-corrected chi connectivity index (χ2v) is 8.49. The number of rotatable bonds is 6. The Morgan fingerprint density at radius 2 is 1.73 bits per heavy atom. The van der Waals surface area contributed by atoms with E-state index in [1.54, 1.807) is 12.1 Å². The Morgan fingerprint density at radius 3 is 2.61 bits per heavy atom. The Balaban J connectivity index is 1.22. The van der Waals surface area contributed by atoms with E-state index in [4.69, 9.17) is 14.2 Å². The van der Waals surface area contributed by atoms with Crippen molar-refractivity contribution in [2.24, 2.45) is 0 Å². The Kier molecular flexibility index (Phi) is 4.73. The number of carbonyl (C=O) groups excluding carboxylic acids is 1. The van der Waals surface area contributed by atoms with E-state index < -0.39 is 5.41 Å². The van der Waals surface area contributed by atoms with Crippen LogP contribution in [0, 0.1) is 5.82 Å². The molecule has 1 N–H and O–H groups in total. The number of hydrogen-bond acceptors (Lipinski definition) is 5. The molecule has 0 saturated carbocycles. The van der Waals surface area contributed by atoms with Crippen molar-refractivity contribution in [3.8, 4) is 17.2 Å². The summed E-state index contributed by atoms with van der Waals surface area (Å²) in [5.74, 6) is 1.74. The van der Waals surface area contributed by atoms with Gasteiger partial charge in [0.1, 0.15) is 23.6 Å². The number of anilines is 1. The van der Waals surface area contributed by atoms with Crippen LogP contribution in [-0.4, -0.2) is 32.4 Å². The predicted octanol–water partition coefficient (Wildman–Crippen LogP) is 3.76. The lowest BCUT2D eigenvalue weighted by Gasteiger charge is -2.23. The number of nitrogens with one attached hydrogen (secondary N) is 1. The van der Waals surface area contributed by atoms with Crippen LogP contribution in [0.2, 0.25) is 0 Å². The van der Waals surface area contributed by atoms with Crippen LogP contribution >= 0.6 is 0 Å². The number of hydrogen-bond donors (Lipinski definition) is 1. The van der Waals surface area contributed by atoms with Crippen molar-refractivity contribution in [1.82, 2.24) is 5.32 Å². The average molecular weight is 446 g/mol. The summed E-state index contributed by atoms with van der Waals surface area (Å²) in [6.45, 7) is 2.10. The first-order valence-electron chi connectivity index (χ1n) is 11.1. The minimum atomic E-state index is -0.881. The van der Waals surface area contributed by atoms with Crippen molar-refractivity contribution < 1.29 is 23.4 Å². The van der Waals surface area contributed by atoms with Crippen molar-refractivity contribution >= 4 is 11.6 Å². The maximum Gasteiger partial charge on any atom is 0.245 e.